The molecule has 0 radical (unpaired) electrons. The first kappa shape index (κ1) is 44.6. The van der Waals surface area contributed by atoms with E-state index in [4.69, 9.17) is 14.2 Å². The number of carbonyl (C=O) groups is 7. The van der Waals surface area contributed by atoms with Gasteiger partial charge < -0.3 is 34.3 Å². The number of carbonyl (C=O) groups excluding carboxylic acids is 7. The van der Waals surface area contributed by atoms with Gasteiger partial charge in [-0.05, 0) is 64.9 Å². The van der Waals surface area contributed by atoms with Crippen molar-refractivity contribution in [3.8, 4) is 0 Å². The van der Waals surface area contributed by atoms with E-state index in [1.54, 1.807) is 20.8 Å². The summed E-state index contributed by atoms with van der Waals surface area (Å²) >= 11 is 6.31. The minimum absolute atomic E-state index is 0.195. The number of β-lactam (4-membered cyclic amide) rings is 2. The minimum atomic E-state index is -0.903. The van der Waals surface area contributed by atoms with Crippen LogP contribution >= 0.6 is 31.9 Å². The van der Waals surface area contributed by atoms with Crippen LogP contribution in [0.25, 0.3) is 0 Å². The van der Waals surface area contributed by atoms with Crippen LogP contribution in [0.4, 0.5) is 4.79 Å². The normalized spacial score (nSPS) is 25.2. The standard InChI is InChI=1S/C15H19NO4.C13H19N3O4.C8H12Br2O4/c1-19-14(17)12-8-9-13(15(18)20-2)16(12)10-11-6-4-3-5-7-11;1-11(2,3)20-10(19)16-12(6-14-8(12)17)4-5-13(16)7-15-9(13)18;1-13-7(11)5(9)3-4-6(10)8(12)14-2/h3-7,12-13H,8-10H2,1-2H3;4-7H2,1-3H3,(H,14,17)(H,15,18);5-6H,3-4H2,1-2H3. The molecule has 4 aliphatic heterocycles. The second kappa shape index (κ2) is 19.2. The van der Waals surface area contributed by atoms with Crippen LogP contribution in [0.1, 0.15) is 64.9 Å². The first-order chi connectivity index (χ1) is 25.4. The molecule has 4 saturated heterocycles. The lowest BCUT2D eigenvalue weighted by Gasteiger charge is -2.52. The summed E-state index contributed by atoms with van der Waals surface area (Å²) in [5.41, 5.74) is -1.42. The molecule has 4 aliphatic rings. The minimum Gasteiger partial charge on any atom is -0.468 e. The Hall–Kier alpha value is -3.77. The zero-order chi connectivity index (χ0) is 40.4. The number of hydrogen-bond acceptors (Lipinski definition) is 13. The van der Waals surface area contributed by atoms with Crippen LogP contribution in [-0.2, 0) is 59.0 Å². The number of methoxy groups -OCH3 is 4. The lowest BCUT2D eigenvalue weighted by Crippen LogP contribution is -2.80. The fourth-order valence-electron chi connectivity index (χ4n) is 6.64. The van der Waals surface area contributed by atoms with Gasteiger partial charge in [-0.3, -0.25) is 38.6 Å². The number of ether oxygens (including phenoxy) is 5. The van der Waals surface area contributed by atoms with Crippen molar-refractivity contribution in [2.45, 2.75) is 104 Å². The van der Waals surface area contributed by atoms with Crippen molar-refractivity contribution in [2.24, 2.45) is 0 Å². The van der Waals surface area contributed by atoms with Crippen LogP contribution < -0.4 is 10.6 Å². The number of halogens is 2. The molecule has 18 heteroatoms. The fraction of sp³-hybridized carbons (Fsp3) is 0.639. The van der Waals surface area contributed by atoms with Crippen molar-refractivity contribution in [2.75, 3.05) is 41.5 Å². The molecule has 54 heavy (non-hydrogen) atoms. The molecule has 3 amide bonds. The quantitative estimate of drug-likeness (QED) is 0.159. The second-order valence-electron chi connectivity index (χ2n) is 14.1. The van der Waals surface area contributed by atoms with Gasteiger partial charge in [-0.25, -0.2) is 4.79 Å². The van der Waals surface area contributed by atoms with E-state index < -0.39 is 22.8 Å². The molecule has 6 unspecified atom stereocenters. The molecule has 1 aromatic carbocycles. The van der Waals surface area contributed by atoms with Gasteiger partial charge in [0.2, 0.25) is 11.8 Å². The van der Waals surface area contributed by atoms with Crippen LogP contribution in [0.3, 0.4) is 0 Å². The number of hydrogen-bond donors (Lipinski definition) is 2. The van der Waals surface area contributed by atoms with Gasteiger partial charge >= 0.3 is 30.0 Å². The van der Waals surface area contributed by atoms with Crippen LogP contribution in [0.5, 0.6) is 0 Å². The molecule has 0 aliphatic carbocycles. The highest BCUT2D eigenvalue weighted by atomic mass is 79.9. The molecule has 2 N–H and O–H groups in total. The monoisotopic (exact) mass is 888 g/mol. The number of likely N-dealkylation sites (tertiary alicyclic amines) is 2. The van der Waals surface area contributed by atoms with Crippen molar-refractivity contribution in [1.82, 2.24) is 20.4 Å². The van der Waals surface area contributed by atoms with E-state index in [0.29, 0.717) is 58.2 Å². The second-order valence-corrected chi connectivity index (χ2v) is 16.3. The number of rotatable bonds is 9. The Kier molecular flexibility index (Phi) is 15.9. The number of nitrogens with zero attached hydrogens (tertiary/aromatic N) is 2. The smallest absolute Gasteiger partial charge is 0.412 e. The highest BCUT2D eigenvalue weighted by Gasteiger charge is 2.70. The lowest BCUT2D eigenvalue weighted by molar-refractivity contribution is -0.154. The zero-order valence-corrected chi connectivity index (χ0v) is 34.8. The molecule has 5 rings (SSSR count). The van der Waals surface area contributed by atoms with Gasteiger partial charge in [0.25, 0.3) is 0 Å². The average molecular weight is 891 g/mol. The topological polar surface area (TPSA) is 196 Å². The number of esters is 4. The van der Waals surface area contributed by atoms with Crippen molar-refractivity contribution < 1.29 is 57.2 Å². The Morgan fingerprint density at radius 2 is 1.19 bits per heavy atom. The highest BCUT2D eigenvalue weighted by molar-refractivity contribution is 9.10. The summed E-state index contributed by atoms with van der Waals surface area (Å²) < 4.78 is 24.1. The van der Waals surface area contributed by atoms with E-state index in [0.717, 1.165) is 5.56 Å². The van der Waals surface area contributed by atoms with Gasteiger partial charge in [0.1, 0.15) is 38.4 Å². The summed E-state index contributed by atoms with van der Waals surface area (Å²) in [6.07, 6.45) is 2.67. The third-order valence-electron chi connectivity index (χ3n) is 9.57. The summed E-state index contributed by atoms with van der Waals surface area (Å²) in [5, 5.41) is 5.34. The number of alkyl halides is 2. The van der Waals surface area contributed by atoms with E-state index in [1.165, 1.54) is 33.3 Å². The predicted octanol–water partition coefficient (Wildman–Crippen LogP) is 2.76. The molecule has 0 saturated carbocycles. The van der Waals surface area contributed by atoms with E-state index >= 15 is 0 Å². The number of benzene rings is 1. The maximum absolute atomic E-state index is 12.5. The van der Waals surface area contributed by atoms with E-state index in [-0.39, 0.29) is 57.4 Å². The number of nitrogens with one attached hydrogen (secondary N) is 2. The molecule has 0 aromatic heterocycles. The lowest BCUT2D eigenvalue weighted by atomic mass is 9.88. The molecule has 0 bridgehead atoms. The van der Waals surface area contributed by atoms with Gasteiger partial charge in [-0.2, -0.15) is 0 Å². The SMILES string of the molecule is CC(C)(C)OC(=O)N1C2(CCC13CNC3=O)CNC2=O.COC(=O)C(Br)CCC(Br)C(=O)OC.COC(=O)C1CCC(C(=O)OC)N1Cc1ccccc1. The molecule has 300 valence electrons. The predicted molar refractivity (Wildman–Crippen MR) is 200 cm³/mol. The van der Waals surface area contributed by atoms with Gasteiger partial charge in [0, 0.05) is 6.54 Å². The third-order valence-corrected chi connectivity index (χ3v) is 11.2. The largest absolute Gasteiger partial charge is 0.468 e. The Morgan fingerprint density at radius 1 is 0.759 bits per heavy atom. The van der Waals surface area contributed by atoms with Crippen LogP contribution in [0.15, 0.2) is 30.3 Å². The van der Waals surface area contributed by atoms with Gasteiger partial charge in [0.05, 0.1) is 41.5 Å². The van der Waals surface area contributed by atoms with E-state index in [9.17, 15) is 33.6 Å². The van der Waals surface area contributed by atoms with Crippen molar-refractivity contribution in [3.63, 3.8) is 0 Å². The molecule has 4 heterocycles. The Balaban J connectivity index is 0.000000223. The van der Waals surface area contributed by atoms with E-state index in [1.807, 2.05) is 35.2 Å². The third kappa shape index (κ3) is 10.3. The van der Waals surface area contributed by atoms with Crippen molar-refractivity contribution in [3.05, 3.63) is 35.9 Å². The molecule has 6 atom stereocenters. The average Bonchev–Trinajstić information content (AvgIpc) is 3.77. The Bertz CT molecular complexity index is 1460. The first-order valence-corrected chi connectivity index (χ1v) is 19.2. The van der Waals surface area contributed by atoms with Crippen molar-refractivity contribution in [1.29, 1.82) is 0 Å². The van der Waals surface area contributed by atoms with E-state index in [2.05, 4.69) is 52.0 Å². The molecule has 2 spiro atoms. The van der Waals surface area contributed by atoms with Crippen molar-refractivity contribution >= 4 is 73.6 Å². The van der Waals surface area contributed by atoms with Gasteiger partial charge in [-0.15, -0.1) is 0 Å². The summed E-state index contributed by atoms with van der Waals surface area (Å²) in [5.74, 6) is -1.66. The summed E-state index contributed by atoms with van der Waals surface area (Å²) in [6, 6.07) is 8.98. The van der Waals surface area contributed by atoms with Crippen LogP contribution in [0, 0.1) is 0 Å². The molecule has 16 nitrogen and oxygen atoms in total. The maximum Gasteiger partial charge on any atom is 0.412 e. The van der Waals surface area contributed by atoms with Crippen LogP contribution in [-0.4, -0.2) is 132 Å². The fourth-order valence-corrected chi connectivity index (χ4v) is 7.54. The Morgan fingerprint density at radius 3 is 1.50 bits per heavy atom. The molecule has 4 fully saturated rings. The zero-order valence-electron chi connectivity index (χ0n) is 31.6. The Labute approximate surface area is 331 Å². The van der Waals surface area contributed by atoms with Crippen LogP contribution in [0.2, 0.25) is 0 Å². The molecule has 1 aromatic rings. The molecular formula is C36H50Br2N4O12. The molecular weight excluding hydrogens is 840 g/mol. The highest BCUT2D eigenvalue weighted by Crippen LogP contribution is 2.47. The summed E-state index contributed by atoms with van der Waals surface area (Å²) in [6.45, 7) is 6.60. The maximum atomic E-state index is 12.5. The first-order valence-electron chi connectivity index (χ1n) is 17.4. The van der Waals surface area contributed by atoms with Gasteiger partial charge in [-0.1, -0.05) is 62.2 Å². The number of amides is 3. The summed E-state index contributed by atoms with van der Waals surface area (Å²) in [4.78, 5) is 84.6. The summed E-state index contributed by atoms with van der Waals surface area (Å²) in [7, 11) is 5.38. The van der Waals surface area contributed by atoms with Gasteiger partial charge in [0.15, 0.2) is 0 Å².